The molecule has 0 aromatic heterocycles. The minimum Gasteiger partial charge on any atom is -0.449 e. The average Bonchev–Trinajstić information content (AvgIpc) is 3.14. The van der Waals surface area contributed by atoms with E-state index in [1.165, 1.54) is 38.3 Å². The first-order valence-corrected chi connectivity index (χ1v) is 16.2. The van der Waals surface area contributed by atoms with E-state index in [1.54, 1.807) is 13.8 Å². The third-order valence-corrected chi connectivity index (χ3v) is 12.3. The molecule has 0 radical (unpaired) electrons. The molecule has 0 aliphatic heterocycles. The molecule has 41 heavy (non-hydrogen) atoms. The Morgan fingerprint density at radius 2 is 1.85 bits per heavy atom. The van der Waals surface area contributed by atoms with E-state index in [0.29, 0.717) is 24.1 Å². The van der Waals surface area contributed by atoms with Crippen molar-refractivity contribution in [2.45, 2.75) is 115 Å². The first-order valence-electron chi connectivity index (χ1n) is 15.3. The van der Waals surface area contributed by atoms with Gasteiger partial charge >= 0.3 is 5.97 Å². The Morgan fingerprint density at radius 1 is 1.15 bits per heavy atom. The van der Waals surface area contributed by atoms with E-state index in [0.717, 1.165) is 25.3 Å². The van der Waals surface area contributed by atoms with Crippen molar-refractivity contribution in [3.05, 3.63) is 23.8 Å². The number of alkyl halides is 3. The predicted octanol–water partition coefficient (Wildman–Crippen LogP) is 6.77. The zero-order valence-electron chi connectivity index (χ0n) is 24.3. The number of carbonyl (C=O) groups is 3. The minimum atomic E-state index is -2.31. The Bertz CT molecular complexity index is 1140. The van der Waals surface area contributed by atoms with Gasteiger partial charge in [0.25, 0.3) is 0 Å². The fourth-order valence-corrected chi connectivity index (χ4v) is 10.4. The lowest BCUT2D eigenvalue weighted by molar-refractivity contribution is -0.228. The van der Waals surface area contributed by atoms with Crippen molar-refractivity contribution >= 4 is 28.6 Å². The predicted molar refractivity (Wildman–Crippen MR) is 151 cm³/mol. The highest BCUT2D eigenvalue weighted by Crippen LogP contribution is 2.72. The summed E-state index contributed by atoms with van der Waals surface area (Å²) in [4.78, 5) is 39.2. The van der Waals surface area contributed by atoms with Gasteiger partial charge in [-0.05, 0) is 80.4 Å². The van der Waals surface area contributed by atoms with E-state index >= 15 is 8.78 Å². The Morgan fingerprint density at radius 3 is 2.54 bits per heavy atom. The number of thioether (sulfide) groups is 1. The van der Waals surface area contributed by atoms with Crippen molar-refractivity contribution in [3.8, 4) is 0 Å². The number of fused-ring (bicyclic) bond motifs is 5. The van der Waals surface area contributed by atoms with E-state index in [9.17, 15) is 23.9 Å². The highest BCUT2D eigenvalue weighted by atomic mass is 32.2. The summed E-state index contributed by atoms with van der Waals surface area (Å²) in [6.45, 7) is 5.00. The number of halogens is 3. The number of ether oxygens (including phenoxy) is 1. The molecule has 9 atom stereocenters. The number of esters is 1. The summed E-state index contributed by atoms with van der Waals surface area (Å²) in [6.07, 6.45) is 7.87. The van der Waals surface area contributed by atoms with Crippen molar-refractivity contribution in [2.24, 2.45) is 34.5 Å². The molecule has 1 N–H and O–H groups in total. The fraction of sp³-hybridized carbons (Fsp3) is 0.781. The van der Waals surface area contributed by atoms with Gasteiger partial charge in [-0.3, -0.25) is 14.4 Å². The lowest BCUT2D eigenvalue weighted by Gasteiger charge is -2.63. The molecule has 0 saturated heterocycles. The SMILES string of the molecule is C[C@@H]1C[C@H]2[C@@H]3C[C@H](F)C4=CC(=O)C=C[C@]4(C)[C@@]3(F)[C@@H](O)C[C@]2(C)[C@@]1(OC(=O)CCCC1CCCCC1)C(=O)SCF. The zero-order valence-corrected chi connectivity index (χ0v) is 25.1. The molecule has 4 fully saturated rings. The second kappa shape index (κ2) is 11.1. The maximum absolute atomic E-state index is 17.5. The van der Waals surface area contributed by atoms with Crippen molar-refractivity contribution in [3.63, 3.8) is 0 Å². The van der Waals surface area contributed by atoms with Gasteiger partial charge in [0.05, 0.1) is 6.10 Å². The van der Waals surface area contributed by atoms with Crippen LogP contribution in [0.3, 0.4) is 0 Å². The van der Waals surface area contributed by atoms with Crippen LogP contribution in [0.5, 0.6) is 0 Å². The van der Waals surface area contributed by atoms with Gasteiger partial charge in [-0.15, -0.1) is 0 Å². The molecule has 0 bridgehead atoms. The maximum Gasteiger partial charge on any atom is 0.306 e. The van der Waals surface area contributed by atoms with Gasteiger partial charge in [-0.25, -0.2) is 13.2 Å². The van der Waals surface area contributed by atoms with Gasteiger partial charge < -0.3 is 9.84 Å². The van der Waals surface area contributed by atoms with Gasteiger partial charge in [-0.2, -0.15) is 0 Å². The second-order valence-electron chi connectivity index (χ2n) is 13.6. The molecule has 4 saturated carbocycles. The van der Waals surface area contributed by atoms with Crippen LogP contribution >= 0.6 is 11.8 Å². The van der Waals surface area contributed by atoms with E-state index in [4.69, 9.17) is 4.74 Å². The van der Waals surface area contributed by atoms with Crippen LogP contribution in [0.25, 0.3) is 0 Å². The molecule has 0 heterocycles. The maximum atomic E-state index is 17.5. The van der Waals surface area contributed by atoms with Crippen LogP contribution in [0.2, 0.25) is 0 Å². The molecular weight excluding hydrogens is 553 g/mol. The Balaban J connectivity index is 1.47. The molecule has 5 aliphatic carbocycles. The van der Waals surface area contributed by atoms with Crippen molar-refractivity contribution in [1.82, 2.24) is 0 Å². The number of aliphatic hydroxyl groups is 1. The van der Waals surface area contributed by atoms with E-state index in [1.807, 2.05) is 0 Å². The molecule has 228 valence electrons. The summed E-state index contributed by atoms with van der Waals surface area (Å²) in [7, 11) is 0. The fourth-order valence-electron chi connectivity index (χ4n) is 9.62. The molecular formula is C32H43F3O5S. The highest BCUT2D eigenvalue weighted by Gasteiger charge is 2.78. The molecule has 0 spiro atoms. The van der Waals surface area contributed by atoms with Gasteiger partial charge in [0, 0.05) is 29.1 Å². The summed E-state index contributed by atoms with van der Waals surface area (Å²) in [6, 6.07) is -1.01. The number of hydrogen-bond acceptors (Lipinski definition) is 6. The molecule has 5 aliphatic rings. The lowest BCUT2D eigenvalue weighted by atomic mass is 9.44. The monoisotopic (exact) mass is 596 g/mol. The summed E-state index contributed by atoms with van der Waals surface area (Å²) < 4.78 is 53.0. The quantitative estimate of drug-likeness (QED) is 0.327. The first-order chi connectivity index (χ1) is 19.3. The molecule has 0 aromatic carbocycles. The van der Waals surface area contributed by atoms with Crippen molar-refractivity contribution in [2.75, 3.05) is 6.01 Å². The normalized spacial score (nSPS) is 44.0. The Hall–Kier alpha value is -1.61. The molecule has 5 nitrogen and oxygen atoms in total. The van der Waals surface area contributed by atoms with E-state index in [-0.39, 0.29) is 31.3 Å². The van der Waals surface area contributed by atoms with Gasteiger partial charge in [0.15, 0.2) is 17.1 Å². The number of aliphatic hydroxyl groups excluding tert-OH is 1. The highest BCUT2D eigenvalue weighted by molar-refractivity contribution is 8.13. The van der Waals surface area contributed by atoms with Crippen molar-refractivity contribution < 1.29 is 37.4 Å². The van der Waals surface area contributed by atoms with E-state index < -0.39 is 75.0 Å². The van der Waals surface area contributed by atoms with Crippen LogP contribution in [0, 0.1) is 34.5 Å². The third kappa shape index (κ3) is 4.58. The molecule has 0 amide bonds. The zero-order chi connectivity index (χ0) is 29.8. The van der Waals surface area contributed by atoms with Gasteiger partial charge in [0.2, 0.25) is 5.12 Å². The van der Waals surface area contributed by atoms with Crippen LogP contribution < -0.4 is 0 Å². The van der Waals surface area contributed by atoms with Crippen LogP contribution in [-0.4, -0.2) is 51.5 Å². The Kier molecular flexibility index (Phi) is 8.38. The van der Waals surface area contributed by atoms with Crippen LogP contribution in [-0.2, 0) is 19.1 Å². The number of carbonyl (C=O) groups excluding carboxylic acids is 3. The van der Waals surface area contributed by atoms with Gasteiger partial charge in [0.1, 0.15) is 12.2 Å². The van der Waals surface area contributed by atoms with Crippen LogP contribution in [0.1, 0.15) is 91.4 Å². The number of hydrogen-bond donors (Lipinski definition) is 1. The molecule has 9 heteroatoms. The first kappa shape index (κ1) is 30.8. The summed E-state index contributed by atoms with van der Waals surface area (Å²) in [5.74, 6) is -2.61. The average molecular weight is 597 g/mol. The number of allylic oxidation sites excluding steroid dienone is 4. The third-order valence-electron chi connectivity index (χ3n) is 11.7. The Labute approximate surface area is 245 Å². The summed E-state index contributed by atoms with van der Waals surface area (Å²) in [5, 5.41) is 11.0. The lowest BCUT2D eigenvalue weighted by Crippen LogP contribution is -2.70. The molecule has 0 aromatic rings. The summed E-state index contributed by atoms with van der Waals surface area (Å²) in [5.41, 5.74) is -6.85. The standard InChI is InChI=1S/C32H43F3O5S/c1-19-14-22-23-16-25(34)24-15-21(36)12-13-29(24,2)31(23,35)26(37)17-30(22,3)32(19,28(39)41-18-33)40-27(38)11-7-10-20-8-5-4-6-9-20/h12-13,15,19-20,22-23,25-26,37H,4-11,14,16-18H2,1-3H3/t19-,22+,23+,25+,26+,29+,30+,31+,32+/m1/s1. The van der Waals surface area contributed by atoms with Gasteiger partial charge in [-0.1, -0.05) is 52.0 Å². The number of ketones is 1. The molecule has 5 rings (SSSR count). The van der Waals surface area contributed by atoms with Crippen LogP contribution in [0.4, 0.5) is 13.2 Å². The van der Waals surface area contributed by atoms with Crippen LogP contribution in [0.15, 0.2) is 23.8 Å². The molecule has 0 unspecified atom stereocenters. The summed E-state index contributed by atoms with van der Waals surface area (Å²) >= 11 is 0.432. The number of rotatable bonds is 7. The van der Waals surface area contributed by atoms with Crippen molar-refractivity contribution in [1.29, 1.82) is 0 Å². The minimum absolute atomic E-state index is 0.0252. The smallest absolute Gasteiger partial charge is 0.306 e. The second-order valence-corrected chi connectivity index (χ2v) is 14.5. The topological polar surface area (TPSA) is 80.7 Å². The largest absolute Gasteiger partial charge is 0.449 e. The van der Waals surface area contributed by atoms with E-state index in [2.05, 4.69) is 0 Å².